The number of rotatable bonds is 3. The highest BCUT2D eigenvalue weighted by atomic mass is 16.5. The van der Waals surface area contributed by atoms with Gasteiger partial charge in [0.2, 0.25) is 0 Å². The average molecular weight is 288 g/mol. The van der Waals surface area contributed by atoms with Gasteiger partial charge in [-0.3, -0.25) is 0 Å². The van der Waals surface area contributed by atoms with Crippen LogP contribution in [0.25, 0.3) is 0 Å². The topological polar surface area (TPSA) is 52.0 Å². The van der Waals surface area contributed by atoms with E-state index in [2.05, 4.69) is 25.9 Å². The van der Waals surface area contributed by atoms with Crippen LogP contribution in [0.3, 0.4) is 0 Å². The molecule has 21 heavy (non-hydrogen) atoms. The van der Waals surface area contributed by atoms with Gasteiger partial charge >= 0.3 is 0 Å². The van der Waals surface area contributed by atoms with E-state index in [1.807, 2.05) is 0 Å². The van der Waals surface area contributed by atoms with E-state index in [9.17, 15) is 0 Å². The first-order chi connectivity index (χ1) is 9.89. The molecule has 0 spiro atoms. The number of hydrogen-bond donors (Lipinski definition) is 1. The van der Waals surface area contributed by atoms with E-state index in [0.29, 0.717) is 17.2 Å². The number of nitrogen functional groups attached to an aromatic ring is 1. The van der Waals surface area contributed by atoms with Crippen molar-refractivity contribution in [1.82, 2.24) is 5.16 Å². The van der Waals surface area contributed by atoms with Crippen LogP contribution >= 0.6 is 0 Å². The second-order valence-electron chi connectivity index (χ2n) is 9.03. The lowest BCUT2D eigenvalue weighted by Gasteiger charge is -2.60. The van der Waals surface area contributed by atoms with Crippen molar-refractivity contribution in [2.75, 3.05) is 5.73 Å². The van der Waals surface area contributed by atoms with Gasteiger partial charge in [-0.25, -0.2) is 0 Å². The molecule has 116 valence electrons. The summed E-state index contributed by atoms with van der Waals surface area (Å²) in [6.45, 7) is 7.00. The fourth-order valence-corrected chi connectivity index (χ4v) is 6.33. The molecule has 0 amide bonds. The molecule has 4 aliphatic rings. The van der Waals surface area contributed by atoms with Crippen LogP contribution in [-0.4, -0.2) is 5.16 Å². The van der Waals surface area contributed by atoms with E-state index in [4.69, 9.17) is 10.3 Å². The summed E-state index contributed by atoms with van der Waals surface area (Å²) >= 11 is 0. The maximum Gasteiger partial charge on any atom is 0.170 e. The third kappa shape index (κ3) is 2.03. The molecule has 1 aromatic rings. The van der Waals surface area contributed by atoms with Crippen LogP contribution in [0.4, 0.5) is 5.82 Å². The predicted octanol–water partition coefficient (Wildman–Crippen LogP) is 4.31. The quantitative estimate of drug-likeness (QED) is 0.901. The highest BCUT2D eigenvalue weighted by molar-refractivity contribution is 5.44. The lowest BCUT2D eigenvalue weighted by atomic mass is 9.44. The number of aromatic nitrogens is 1. The first-order valence-corrected chi connectivity index (χ1v) is 8.64. The Morgan fingerprint density at radius 3 is 2.48 bits per heavy atom. The third-order valence-corrected chi connectivity index (χ3v) is 6.27. The van der Waals surface area contributed by atoms with Crippen molar-refractivity contribution in [3.8, 4) is 0 Å². The Balaban J connectivity index is 1.76. The van der Waals surface area contributed by atoms with Gasteiger partial charge in [-0.2, -0.15) is 0 Å². The van der Waals surface area contributed by atoms with Crippen LogP contribution in [0.15, 0.2) is 4.52 Å². The molecule has 0 aliphatic heterocycles. The first-order valence-electron chi connectivity index (χ1n) is 8.64. The molecular formula is C18H28N2O. The zero-order valence-corrected chi connectivity index (χ0v) is 13.6. The summed E-state index contributed by atoms with van der Waals surface area (Å²) in [6.07, 6.45) is 9.19. The van der Waals surface area contributed by atoms with E-state index in [1.165, 1.54) is 44.1 Å². The Hall–Kier alpha value is -0.990. The van der Waals surface area contributed by atoms with Crippen LogP contribution in [0.5, 0.6) is 0 Å². The van der Waals surface area contributed by atoms with Crippen LogP contribution in [0, 0.1) is 23.2 Å². The Morgan fingerprint density at radius 2 is 1.90 bits per heavy atom. The van der Waals surface area contributed by atoms with E-state index in [-0.39, 0.29) is 5.41 Å². The molecular weight excluding hydrogens is 260 g/mol. The standard InChI is InChI=1S/C18H28N2O/c1-11(2)4-14-15(21-20-16(14)19)18-8-12-5-13(9-18)7-17(3,6-12)10-18/h11-13H,4-10H2,1-3H3,(H2,19,20). The minimum atomic E-state index is 0.244. The van der Waals surface area contributed by atoms with Gasteiger partial charge in [0.15, 0.2) is 5.82 Å². The highest BCUT2D eigenvalue weighted by Gasteiger charge is 2.58. The van der Waals surface area contributed by atoms with Crippen LogP contribution in [0.2, 0.25) is 0 Å². The van der Waals surface area contributed by atoms with Gasteiger partial charge in [-0.1, -0.05) is 25.9 Å². The number of anilines is 1. The summed E-state index contributed by atoms with van der Waals surface area (Å²) in [5.41, 5.74) is 8.13. The molecule has 4 aliphatic carbocycles. The largest absolute Gasteiger partial charge is 0.381 e. The first kappa shape index (κ1) is 13.7. The Bertz CT molecular complexity index is 546. The summed E-state index contributed by atoms with van der Waals surface area (Å²) in [7, 11) is 0. The fourth-order valence-electron chi connectivity index (χ4n) is 6.33. The molecule has 4 fully saturated rings. The van der Waals surface area contributed by atoms with Crippen molar-refractivity contribution in [2.24, 2.45) is 23.2 Å². The van der Waals surface area contributed by atoms with Gasteiger partial charge in [0.1, 0.15) is 5.76 Å². The second-order valence-corrected chi connectivity index (χ2v) is 9.03. The minimum Gasteiger partial charge on any atom is -0.381 e. The Morgan fingerprint density at radius 1 is 1.24 bits per heavy atom. The summed E-state index contributed by atoms with van der Waals surface area (Å²) in [6, 6.07) is 0. The molecule has 4 saturated carbocycles. The molecule has 0 aromatic carbocycles. The van der Waals surface area contributed by atoms with E-state index < -0.39 is 0 Å². The molecule has 4 bridgehead atoms. The van der Waals surface area contributed by atoms with Gasteiger partial charge in [0.05, 0.1) is 0 Å². The normalized spacial score (nSPS) is 41.1. The maximum absolute atomic E-state index is 6.14. The molecule has 1 aromatic heterocycles. The van der Waals surface area contributed by atoms with Crippen molar-refractivity contribution >= 4 is 5.82 Å². The van der Waals surface area contributed by atoms with E-state index in [0.717, 1.165) is 24.0 Å². The minimum absolute atomic E-state index is 0.244. The SMILES string of the molecule is CC(C)Cc1c(N)noc1C12CC3CC(CC(C)(C3)C1)C2. The zero-order valence-electron chi connectivity index (χ0n) is 13.6. The average Bonchev–Trinajstić information content (AvgIpc) is 2.67. The molecule has 5 rings (SSSR count). The summed E-state index contributed by atoms with van der Waals surface area (Å²) in [5, 5.41) is 4.15. The molecule has 3 nitrogen and oxygen atoms in total. The summed E-state index contributed by atoms with van der Waals surface area (Å²) in [5.74, 6) is 4.19. The molecule has 0 radical (unpaired) electrons. The molecule has 2 unspecified atom stereocenters. The van der Waals surface area contributed by atoms with E-state index in [1.54, 1.807) is 0 Å². The van der Waals surface area contributed by atoms with Crippen molar-refractivity contribution in [1.29, 1.82) is 0 Å². The Labute approximate surface area is 127 Å². The molecule has 2 atom stereocenters. The third-order valence-electron chi connectivity index (χ3n) is 6.27. The van der Waals surface area contributed by atoms with Crippen molar-refractivity contribution in [3.05, 3.63) is 11.3 Å². The van der Waals surface area contributed by atoms with Crippen molar-refractivity contribution < 1.29 is 4.52 Å². The lowest BCUT2D eigenvalue weighted by Crippen LogP contribution is -2.53. The molecule has 3 heteroatoms. The monoisotopic (exact) mass is 288 g/mol. The van der Waals surface area contributed by atoms with Crippen LogP contribution < -0.4 is 5.73 Å². The predicted molar refractivity (Wildman–Crippen MR) is 83.9 cm³/mol. The number of nitrogens with zero attached hydrogens (tertiary/aromatic N) is 1. The van der Waals surface area contributed by atoms with Gasteiger partial charge in [-0.05, 0) is 68.1 Å². The van der Waals surface area contributed by atoms with Crippen LogP contribution in [-0.2, 0) is 11.8 Å². The fraction of sp³-hybridized carbons (Fsp3) is 0.833. The molecule has 1 heterocycles. The van der Waals surface area contributed by atoms with Crippen molar-refractivity contribution in [3.63, 3.8) is 0 Å². The second kappa shape index (κ2) is 4.27. The molecule has 0 saturated heterocycles. The number of nitrogens with two attached hydrogens (primary N) is 1. The van der Waals surface area contributed by atoms with Crippen LogP contribution in [0.1, 0.15) is 70.6 Å². The smallest absolute Gasteiger partial charge is 0.170 e. The maximum atomic E-state index is 6.14. The highest BCUT2D eigenvalue weighted by Crippen LogP contribution is 2.66. The number of hydrogen-bond acceptors (Lipinski definition) is 3. The summed E-state index contributed by atoms with van der Waals surface area (Å²) in [4.78, 5) is 0. The Kier molecular flexibility index (Phi) is 2.78. The van der Waals surface area contributed by atoms with Gasteiger partial charge in [-0.15, -0.1) is 0 Å². The van der Waals surface area contributed by atoms with Gasteiger partial charge < -0.3 is 10.3 Å². The van der Waals surface area contributed by atoms with Gasteiger partial charge in [0, 0.05) is 11.0 Å². The van der Waals surface area contributed by atoms with Crippen molar-refractivity contribution in [2.45, 2.75) is 71.1 Å². The van der Waals surface area contributed by atoms with E-state index >= 15 is 0 Å². The van der Waals surface area contributed by atoms with Gasteiger partial charge in [0.25, 0.3) is 0 Å². The summed E-state index contributed by atoms with van der Waals surface area (Å²) < 4.78 is 5.85. The molecule has 2 N–H and O–H groups in total. The lowest BCUT2D eigenvalue weighted by molar-refractivity contribution is -0.0709. The zero-order chi connectivity index (χ0) is 14.8.